The average Bonchev–Trinajstić information content (AvgIpc) is 3.46. The minimum absolute atomic E-state index is 0. The minimum atomic E-state index is 0. The number of aromatic nitrogens is 3. The molecule has 0 unspecified atom stereocenters. The molecule has 0 amide bonds. The van der Waals surface area contributed by atoms with Crippen LogP contribution in [0.15, 0.2) is 52.1 Å². The number of rotatable bonds is 6. The number of halogens is 1. The number of guanidine groups is 1. The van der Waals surface area contributed by atoms with Gasteiger partial charge in [-0.05, 0) is 31.2 Å². The van der Waals surface area contributed by atoms with E-state index in [4.69, 9.17) is 9.41 Å². The van der Waals surface area contributed by atoms with Gasteiger partial charge in [-0.2, -0.15) is 5.10 Å². The normalized spacial score (nSPS) is 14.4. The largest absolute Gasteiger partial charge is 0.506 e. The first kappa shape index (κ1) is 22.9. The summed E-state index contributed by atoms with van der Waals surface area (Å²) < 4.78 is 5.33. The van der Waals surface area contributed by atoms with E-state index >= 15 is 0 Å². The van der Waals surface area contributed by atoms with Crippen molar-refractivity contribution in [2.75, 3.05) is 44.2 Å². The SMILES string of the molecule is CCNC(=NCCc1nc(-c2ccco2)n[nH]1)N1CCN(c2ccccc2O)CC1.I. The summed E-state index contributed by atoms with van der Waals surface area (Å²) in [5, 5.41) is 20.6. The summed E-state index contributed by atoms with van der Waals surface area (Å²) in [6, 6.07) is 11.1. The lowest BCUT2D eigenvalue weighted by Crippen LogP contribution is -2.52. The molecule has 3 N–H and O–H groups in total. The molecule has 0 saturated carbocycles. The lowest BCUT2D eigenvalue weighted by Gasteiger charge is -2.37. The third-order valence-electron chi connectivity index (χ3n) is 5.02. The van der Waals surface area contributed by atoms with Crippen LogP contribution in [0, 0.1) is 0 Å². The van der Waals surface area contributed by atoms with Crippen molar-refractivity contribution in [1.29, 1.82) is 0 Å². The monoisotopic (exact) mass is 537 g/mol. The molecule has 1 saturated heterocycles. The van der Waals surface area contributed by atoms with Crippen LogP contribution >= 0.6 is 24.0 Å². The highest BCUT2D eigenvalue weighted by molar-refractivity contribution is 14.0. The molecule has 0 bridgehead atoms. The fourth-order valence-corrected chi connectivity index (χ4v) is 3.51. The molecule has 1 aliphatic rings. The van der Waals surface area contributed by atoms with E-state index in [2.05, 4.69) is 37.2 Å². The highest BCUT2D eigenvalue weighted by Gasteiger charge is 2.21. The summed E-state index contributed by atoms with van der Waals surface area (Å²) >= 11 is 0. The minimum Gasteiger partial charge on any atom is -0.506 e. The molecule has 10 heteroatoms. The number of nitrogens with one attached hydrogen (secondary N) is 2. The van der Waals surface area contributed by atoms with Crippen LogP contribution in [0.4, 0.5) is 5.69 Å². The Morgan fingerprint density at radius 3 is 2.71 bits per heavy atom. The van der Waals surface area contributed by atoms with Gasteiger partial charge in [0.05, 0.1) is 12.0 Å². The Hall–Kier alpha value is -2.76. The Morgan fingerprint density at radius 2 is 2.00 bits per heavy atom. The summed E-state index contributed by atoms with van der Waals surface area (Å²) in [5.41, 5.74) is 0.886. The van der Waals surface area contributed by atoms with Crippen molar-refractivity contribution in [2.45, 2.75) is 13.3 Å². The van der Waals surface area contributed by atoms with Gasteiger partial charge in [-0.1, -0.05) is 12.1 Å². The van der Waals surface area contributed by atoms with Crippen LogP contribution in [0.25, 0.3) is 11.6 Å². The molecule has 166 valence electrons. The Morgan fingerprint density at radius 1 is 1.19 bits per heavy atom. The van der Waals surface area contributed by atoms with Crippen molar-refractivity contribution in [1.82, 2.24) is 25.4 Å². The summed E-state index contributed by atoms with van der Waals surface area (Å²) in [6.45, 7) is 6.82. The number of piperazine rings is 1. The van der Waals surface area contributed by atoms with Crippen LogP contribution < -0.4 is 10.2 Å². The second-order valence-electron chi connectivity index (χ2n) is 7.03. The Bertz CT molecular complexity index is 966. The number of nitrogens with zero attached hydrogens (tertiary/aromatic N) is 5. The first-order valence-electron chi connectivity index (χ1n) is 10.3. The second kappa shape index (κ2) is 11.0. The predicted octanol–water partition coefficient (Wildman–Crippen LogP) is 2.72. The van der Waals surface area contributed by atoms with E-state index in [9.17, 15) is 5.11 Å². The molecule has 31 heavy (non-hydrogen) atoms. The zero-order valence-electron chi connectivity index (χ0n) is 17.5. The number of aromatic hydroxyl groups is 1. The molecule has 3 heterocycles. The van der Waals surface area contributed by atoms with Crippen LogP contribution in [-0.2, 0) is 6.42 Å². The number of H-pyrrole nitrogens is 1. The molecule has 2 aromatic heterocycles. The zero-order valence-corrected chi connectivity index (χ0v) is 19.8. The van der Waals surface area contributed by atoms with E-state index in [0.717, 1.165) is 50.2 Å². The van der Waals surface area contributed by atoms with Crippen LogP contribution in [0.5, 0.6) is 5.75 Å². The maximum atomic E-state index is 10.1. The second-order valence-corrected chi connectivity index (χ2v) is 7.03. The maximum absolute atomic E-state index is 10.1. The van der Waals surface area contributed by atoms with Gasteiger partial charge >= 0.3 is 0 Å². The van der Waals surface area contributed by atoms with Crippen molar-refractivity contribution in [3.63, 3.8) is 0 Å². The van der Waals surface area contributed by atoms with Crippen molar-refractivity contribution in [2.24, 2.45) is 4.99 Å². The van der Waals surface area contributed by atoms with E-state index in [-0.39, 0.29) is 24.0 Å². The molecule has 1 aliphatic heterocycles. The molecular weight excluding hydrogens is 509 g/mol. The molecule has 0 radical (unpaired) electrons. The number of hydrogen-bond donors (Lipinski definition) is 3. The van der Waals surface area contributed by atoms with E-state index in [1.807, 2.05) is 30.3 Å². The predicted molar refractivity (Wildman–Crippen MR) is 131 cm³/mol. The highest BCUT2D eigenvalue weighted by atomic mass is 127. The zero-order chi connectivity index (χ0) is 20.8. The van der Waals surface area contributed by atoms with Crippen molar-refractivity contribution in [3.8, 4) is 17.3 Å². The number of phenolic OH excluding ortho intramolecular Hbond substituents is 1. The highest BCUT2D eigenvalue weighted by Crippen LogP contribution is 2.27. The summed E-state index contributed by atoms with van der Waals surface area (Å²) in [7, 11) is 0. The van der Waals surface area contributed by atoms with Gasteiger partial charge in [0.25, 0.3) is 0 Å². The number of aliphatic imine (C=N–C) groups is 1. The van der Waals surface area contributed by atoms with Crippen LogP contribution in [0.2, 0.25) is 0 Å². The number of furan rings is 1. The Balaban J connectivity index is 0.00000272. The summed E-state index contributed by atoms with van der Waals surface area (Å²) in [6.07, 6.45) is 2.28. The van der Waals surface area contributed by atoms with Crippen LogP contribution in [0.1, 0.15) is 12.7 Å². The fourth-order valence-electron chi connectivity index (χ4n) is 3.51. The maximum Gasteiger partial charge on any atom is 0.216 e. The number of aromatic amines is 1. The lowest BCUT2D eigenvalue weighted by atomic mass is 10.2. The number of anilines is 1. The number of benzene rings is 1. The molecule has 3 aromatic rings. The molecule has 9 nitrogen and oxygen atoms in total. The summed E-state index contributed by atoms with van der Waals surface area (Å²) in [5.74, 6) is 3.22. The van der Waals surface area contributed by atoms with Crippen LogP contribution in [-0.4, -0.2) is 70.4 Å². The number of para-hydroxylation sites is 2. The van der Waals surface area contributed by atoms with Crippen LogP contribution in [0.3, 0.4) is 0 Å². The Kier molecular flexibility index (Phi) is 8.15. The van der Waals surface area contributed by atoms with E-state index in [0.29, 0.717) is 30.3 Å². The fraction of sp³-hybridized carbons (Fsp3) is 0.381. The standard InChI is InChI=1S/C21H27N7O2.HI/c1-2-22-21(23-10-9-19-24-20(26-25-19)18-8-5-15-30-18)28-13-11-27(12-14-28)16-6-3-4-7-17(16)29;/h3-8,15,29H,2,9-14H2,1H3,(H,22,23)(H,24,25,26);1H. The van der Waals surface area contributed by atoms with Gasteiger partial charge in [0, 0.05) is 45.7 Å². The molecule has 1 aromatic carbocycles. The third-order valence-corrected chi connectivity index (χ3v) is 5.02. The number of hydrogen-bond acceptors (Lipinski definition) is 6. The molecule has 4 rings (SSSR count). The first-order valence-corrected chi connectivity index (χ1v) is 10.3. The molecule has 0 atom stereocenters. The lowest BCUT2D eigenvalue weighted by molar-refractivity contribution is 0.370. The third kappa shape index (κ3) is 5.69. The topological polar surface area (TPSA) is 106 Å². The average molecular weight is 537 g/mol. The summed E-state index contributed by atoms with van der Waals surface area (Å²) in [4.78, 5) is 13.7. The Labute approximate surface area is 198 Å². The molecule has 0 spiro atoms. The number of phenols is 1. The van der Waals surface area contributed by atoms with Gasteiger partial charge in [-0.15, -0.1) is 24.0 Å². The van der Waals surface area contributed by atoms with E-state index in [1.54, 1.807) is 12.3 Å². The van der Waals surface area contributed by atoms with E-state index in [1.165, 1.54) is 0 Å². The van der Waals surface area contributed by atoms with Gasteiger partial charge in [-0.3, -0.25) is 10.1 Å². The van der Waals surface area contributed by atoms with Gasteiger partial charge in [-0.25, -0.2) is 4.98 Å². The quantitative estimate of drug-likeness (QED) is 0.252. The van der Waals surface area contributed by atoms with E-state index < -0.39 is 0 Å². The van der Waals surface area contributed by atoms with Crippen molar-refractivity contribution < 1.29 is 9.52 Å². The van der Waals surface area contributed by atoms with Gasteiger partial charge in [0.1, 0.15) is 11.6 Å². The van der Waals surface area contributed by atoms with Crippen molar-refractivity contribution >= 4 is 35.6 Å². The van der Waals surface area contributed by atoms with Gasteiger partial charge in [0.2, 0.25) is 5.82 Å². The van der Waals surface area contributed by atoms with Gasteiger partial charge < -0.3 is 24.6 Å². The smallest absolute Gasteiger partial charge is 0.216 e. The molecule has 1 fully saturated rings. The van der Waals surface area contributed by atoms with Crippen molar-refractivity contribution in [3.05, 3.63) is 48.5 Å². The molecule has 0 aliphatic carbocycles. The first-order chi connectivity index (χ1) is 14.7. The molecular formula is C21H28IN7O2. The van der Waals surface area contributed by atoms with Gasteiger partial charge in [0.15, 0.2) is 11.7 Å².